The highest BCUT2D eigenvalue weighted by Crippen LogP contribution is 2.28. The van der Waals surface area contributed by atoms with Crippen LogP contribution in [0.1, 0.15) is 15.9 Å². The minimum Gasteiger partial charge on any atom is -0.322 e. The van der Waals surface area contributed by atoms with E-state index in [4.69, 9.17) is 11.6 Å². The van der Waals surface area contributed by atoms with Gasteiger partial charge in [0, 0.05) is 40.0 Å². The number of aromatic nitrogens is 2. The number of hydrogen-bond acceptors (Lipinski definition) is 7. The predicted molar refractivity (Wildman–Crippen MR) is 136 cm³/mol. The zero-order valence-electron chi connectivity index (χ0n) is 17.8. The summed E-state index contributed by atoms with van der Waals surface area (Å²) in [5, 5.41) is 25.5. The van der Waals surface area contributed by atoms with E-state index in [1.54, 1.807) is 66.7 Å². The highest BCUT2D eigenvalue weighted by molar-refractivity contribution is 7.18. The molecular weight excluding hydrogens is 490 g/mol. The van der Waals surface area contributed by atoms with Crippen molar-refractivity contribution in [2.24, 2.45) is 0 Å². The zero-order valence-corrected chi connectivity index (χ0v) is 19.4. The fourth-order valence-corrected chi connectivity index (χ4v) is 3.82. The quantitative estimate of drug-likeness (QED) is 0.189. The van der Waals surface area contributed by atoms with Crippen molar-refractivity contribution in [3.63, 3.8) is 0 Å². The van der Waals surface area contributed by atoms with Crippen LogP contribution in [0.2, 0.25) is 5.02 Å². The lowest BCUT2D eigenvalue weighted by molar-refractivity contribution is -0.384. The molecule has 0 aliphatic carbocycles. The first-order valence-corrected chi connectivity index (χ1v) is 11.3. The monoisotopic (exact) mass is 505 g/mol. The van der Waals surface area contributed by atoms with Crippen molar-refractivity contribution in [1.29, 1.82) is 0 Å². The highest BCUT2D eigenvalue weighted by atomic mass is 35.5. The first-order chi connectivity index (χ1) is 16.9. The topological polar surface area (TPSA) is 127 Å². The third kappa shape index (κ3) is 6.34. The molecule has 1 aromatic heterocycles. The van der Waals surface area contributed by atoms with Crippen molar-refractivity contribution in [3.05, 3.63) is 105 Å². The number of nitrogens with zero attached hydrogens (tertiary/aromatic N) is 3. The molecule has 0 saturated heterocycles. The van der Waals surface area contributed by atoms with Gasteiger partial charge in [-0.2, -0.15) is 0 Å². The van der Waals surface area contributed by atoms with E-state index < -0.39 is 10.8 Å². The van der Waals surface area contributed by atoms with Crippen molar-refractivity contribution in [2.45, 2.75) is 0 Å². The van der Waals surface area contributed by atoms with Crippen LogP contribution in [0.25, 0.3) is 16.6 Å². The third-order valence-electron chi connectivity index (χ3n) is 4.66. The van der Waals surface area contributed by atoms with Crippen molar-refractivity contribution in [3.8, 4) is 10.6 Å². The molecule has 0 bridgehead atoms. The lowest BCUT2D eigenvalue weighted by Crippen LogP contribution is -2.13. The van der Waals surface area contributed by atoms with Gasteiger partial charge >= 0.3 is 0 Å². The van der Waals surface area contributed by atoms with Gasteiger partial charge in [0.2, 0.25) is 11.0 Å². The molecule has 2 amide bonds. The zero-order chi connectivity index (χ0) is 24.8. The number of rotatable bonds is 7. The molecule has 0 radical (unpaired) electrons. The maximum Gasteiger partial charge on any atom is 0.269 e. The molecule has 3 aromatic carbocycles. The summed E-state index contributed by atoms with van der Waals surface area (Å²) < 4.78 is 0. The fourth-order valence-electron chi connectivity index (χ4n) is 2.95. The maximum absolute atomic E-state index is 12.7. The molecule has 35 heavy (non-hydrogen) atoms. The average Bonchev–Trinajstić information content (AvgIpc) is 3.32. The van der Waals surface area contributed by atoms with Crippen molar-refractivity contribution in [1.82, 2.24) is 10.2 Å². The second-order valence-corrected chi connectivity index (χ2v) is 8.54. The van der Waals surface area contributed by atoms with E-state index in [0.29, 0.717) is 26.8 Å². The SMILES string of the molecule is O=C(/C=C/c1ccc(Cl)cc1)Nc1cccc(C(=O)Nc2nnc(-c3ccc([N+](=O)[O-])cc3)s2)c1. The van der Waals surface area contributed by atoms with Gasteiger partial charge in [0.1, 0.15) is 5.01 Å². The number of nitro groups is 1. The van der Waals surface area contributed by atoms with E-state index in [1.807, 2.05) is 0 Å². The third-order valence-corrected chi connectivity index (χ3v) is 5.80. The Hall–Kier alpha value is -4.41. The highest BCUT2D eigenvalue weighted by Gasteiger charge is 2.13. The molecule has 11 heteroatoms. The van der Waals surface area contributed by atoms with Crippen molar-refractivity contribution < 1.29 is 14.5 Å². The average molecular weight is 506 g/mol. The summed E-state index contributed by atoms with van der Waals surface area (Å²) in [4.78, 5) is 35.2. The number of non-ortho nitro benzene ring substituents is 1. The number of nitrogens with one attached hydrogen (secondary N) is 2. The Kier molecular flexibility index (Phi) is 7.24. The maximum atomic E-state index is 12.7. The Balaban J connectivity index is 1.38. The van der Waals surface area contributed by atoms with E-state index in [2.05, 4.69) is 20.8 Å². The number of hydrogen-bond donors (Lipinski definition) is 2. The second-order valence-electron chi connectivity index (χ2n) is 7.13. The molecule has 0 saturated carbocycles. The van der Waals surface area contributed by atoms with Gasteiger partial charge in [0.15, 0.2) is 0 Å². The number of carbonyl (C=O) groups excluding carboxylic acids is 2. The van der Waals surface area contributed by atoms with Crippen LogP contribution in [-0.4, -0.2) is 26.9 Å². The molecule has 0 fully saturated rings. The van der Waals surface area contributed by atoms with Gasteiger partial charge in [-0.05, 0) is 54.1 Å². The Morgan fingerprint density at radius 3 is 2.43 bits per heavy atom. The summed E-state index contributed by atoms with van der Waals surface area (Å²) >= 11 is 6.99. The Morgan fingerprint density at radius 2 is 1.71 bits per heavy atom. The summed E-state index contributed by atoms with van der Waals surface area (Å²) in [7, 11) is 0. The van der Waals surface area contributed by atoms with E-state index in [1.165, 1.54) is 18.2 Å². The van der Waals surface area contributed by atoms with Crippen molar-refractivity contribution in [2.75, 3.05) is 10.6 Å². The minimum atomic E-state index is -0.484. The number of benzene rings is 3. The van der Waals surface area contributed by atoms with Crippen LogP contribution in [-0.2, 0) is 4.79 Å². The summed E-state index contributed by atoms with van der Waals surface area (Å²) in [6.45, 7) is 0. The molecule has 0 unspecified atom stereocenters. The molecule has 4 aromatic rings. The molecule has 0 atom stereocenters. The summed E-state index contributed by atoms with van der Waals surface area (Å²) in [5.74, 6) is -0.779. The van der Waals surface area contributed by atoms with Crippen molar-refractivity contribution >= 4 is 57.3 Å². The molecule has 4 rings (SSSR count). The summed E-state index contributed by atoms with van der Waals surface area (Å²) in [5.41, 5.74) is 2.20. The van der Waals surface area contributed by atoms with Gasteiger partial charge in [-0.25, -0.2) is 0 Å². The van der Waals surface area contributed by atoms with Crippen LogP contribution in [0, 0.1) is 10.1 Å². The standard InChI is InChI=1S/C24H16ClN5O4S/c25-18-9-4-15(5-10-18)6-13-21(31)26-19-3-1-2-17(14-19)22(32)27-24-29-28-23(35-24)16-7-11-20(12-8-16)30(33)34/h1-14H,(H,26,31)(H,27,29,32)/b13-6+. The van der Waals surface area contributed by atoms with E-state index in [9.17, 15) is 19.7 Å². The second kappa shape index (κ2) is 10.7. The lowest BCUT2D eigenvalue weighted by Gasteiger charge is -2.05. The normalized spacial score (nSPS) is 10.8. The van der Waals surface area contributed by atoms with Crippen LogP contribution >= 0.6 is 22.9 Å². The smallest absolute Gasteiger partial charge is 0.269 e. The van der Waals surface area contributed by atoms with Gasteiger partial charge in [-0.15, -0.1) is 10.2 Å². The van der Waals surface area contributed by atoms with E-state index in [0.717, 1.165) is 16.9 Å². The fraction of sp³-hybridized carbons (Fsp3) is 0. The largest absolute Gasteiger partial charge is 0.322 e. The molecule has 0 aliphatic heterocycles. The molecule has 0 aliphatic rings. The first kappa shape index (κ1) is 23.7. The number of carbonyl (C=O) groups is 2. The summed E-state index contributed by atoms with van der Waals surface area (Å²) in [6.07, 6.45) is 3.04. The van der Waals surface area contributed by atoms with Gasteiger partial charge < -0.3 is 5.32 Å². The molecule has 174 valence electrons. The van der Waals surface area contributed by atoms with E-state index in [-0.39, 0.29) is 16.7 Å². The molecule has 0 spiro atoms. The van der Waals surface area contributed by atoms with Gasteiger partial charge in [-0.1, -0.05) is 41.1 Å². The lowest BCUT2D eigenvalue weighted by atomic mass is 10.2. The first-order valence-electron chi connectivity index (χ1n) is 10.1. The number of halogens is 1. The molecule has 1 heterocycles. The van der Waals surface area contributed by atoms with Crippen LogP contribution < -0.4 is 10.6 Å². The van der Waals surface area contributed by atoms with Crippen LogP contribution in [0.4, 0.5) is 16.5 Å². The predicted octanol–water partition coefficient (Wildman–Crippen LogP) is 5.67. The molecule has 2 N–H and O–H groups in total. The Labute approximate surface area is 208 Å². The van der Waals surface area contributed by atoms with Gasteiger partial charge in [0.05, 0.1) is 4.92 Å². The van der Waals surface area contributed by atoms with E-state index >= 15 is 0 Å². The molecular formula is C24H16ClN5O4S. The Bertz CT molecular complexity index is 1420. The molecule has 9 nitrogen and oxygen atoms in total. The minimum absolute atomic E-state index is 0.0285. The van der Waals surface area contributed by atoms with Crippen LogP contribution in [0.3, 0.4) is 0 Å². The summed E-state index contributed by atoms with van der Waals surface area (Å²) in [6, 6.07) is 19.4. The number of amides is 2. The van der Waals surface area contributed by atoms with Gasteiger partial charge in [0.25, 0.3) is 11.6 Å². The van der Waals surface area contributed by atoms with Crippen LogP contribution in [0.15, 0.2) is 78.9 Å². The van der Waals surface area contributed by atoms with Gasteiger partial charge in [-0.3, -0.25) is 25.0 Å². The number of nitro benzene ring substituents is 1. The Morgan fingerprint density at radius 1 is 0.971 bits per heavy atom. The van der Waals surface area contributed by atoms with Crippen LogP contribution in [0.5, 0.6) is 0 Å². The number of anilines is 2.